The van der Waals surface area contributed by atoms with Crippen LogP contribution in [0.5, 0.6) is 0 Å². The van der Waals surface area contributed by atoms with Gasteiger partial charge in [-0.15, -0.1) is 0 Å². The molecule has 0 spiro atoms. The summed E-state index contributed by atoms with van der Waals surface area (Å²) in [6, 6.07) is 14.6. The lowest BCUT2D eigenvalue weighted by Gasteiger charge is -2.08. The first kappa shape index (κ1) is 9.40. The number of rotatable bonds is 1. The molecule has 1 heterocycles. The van der Waals surface area contributed by atoms with E-state index in [0.29, 0.717) is 13.0 Å². The molecule has 0 saturated carbocycles. The summed E-state index contributed by atoms with van der Waals surface area (Å²) < 4.78 is 0. The smallest absolute Gasteiger partial charge is 0.221 e. The lowest BCUT2D eigenvalue weighted by atomic mass is 9.96. The van der Waals surface area contributed by atoms with Crippen LogP contribution in [0, 0.1) is 5.92 Å². The zero-order valence-corrected chi connectivity index (χ0v) is 8.86. The van der Waals surface area contributed by atoms with Gasteiger partial charge in [-0.25, -0.2) is 0 Å². The Labute approximate surface area is 94.3 Å². The molecule has 2 aromatic rings. The highest BCUT2D eigenvalue weighted by molar-refractivity contribution is 5.86. The molecule has 1 radical (unpaired) electrons. The fourth-order valence-electron chi connectivity index (χ4n) is 2.14. The normalized spacial score (nSPS) is 16.6. The van der Waals surface area contributed by atoms with Gasteiger partial charge >= 0.3 is 0 Å². The Bertz CT molecular complexity index is 547. The van der Waals surface area contributed by atoms with Crippen molar-refractivity contribution < 1.29 is 4.79 Å². The maximum Gasteiger partial charge on any atom is 0.221 e. The molecule has 1 aliphatic rings. The number of benzene rings is 2. The number of nitrogens with one attached hydrogen (secondary N) is 1. The SMILES string of the molecule is O=C1C[C](c2ccc3ccccc3c2)CN1. The summed E-state index contributed by atoms with van der Waals surface area (Å²) in [5.41, 5.74) is 1.18. The summed E-state index contributed by atoms with van der Waals surface area (Å²) in [5, 5.41) is 5.31. The Hall–Kier alpha value is -1.83. The third kappa shape index (κ3) is 1.56. The lowest BCUT2D eigenvalue weighted by Crippen LogP contribution is -2.13. The van der Waals surface area contributed by atoms with Crippen LogP contribution in [0.3, 0.4) is 0 Å². The minimum absolute atomic E-state index is 0.128. The van der Waals surface area contributed by atoms with Gasteiger partial charge in [-0.2, -0.15) is 0 Å². The van der Waals surface area contributed by atoms with E-state index in [1.54, 1.807) is 0 Å². The second kappa shape index (κ2) is 3.63. The van der Waals surface area contributed by atoms with E-state index in [1.165, 1.54) is 22.3 Å². The van der Waals surface area contributed by atoms with Crippen LogP contribution in [0.25, 0.3) is 10.8 Å². The summed E-state index contributed by atoms with van der Waals surface area (Å²) in [5.74, 6) is 1.32. The van der Waals surface area contributed by atoms with Crippen molar-refractivity contribution in [2.45, 2.75) is 6.42 Å². The minimum Gasteiger partial charge on any atom is -0.355 e. The highest BCUT2D eigenvalue weighted by Crippen LogP contribution is 2.25. The molecule has 1 saturated heterocycles. The van der Waals surface area contributed by atoms with Gasteiger partial charge in [0.1, 0.15) is 0 Å². The number of carbonyl (C=O) groups excluding carboxylic acids is 1. The second-order valence-electron chi connectivity index (χ2n) is 4.12. The van der Waals surface area contributed by atoms with E-state index in [4.69, 9.17) is 0 Å². The molecule has 2 aromatic carbocycles. The van der Waals surface area contributed by atoms with Crippen LogP contribution in [-0.4, -0.2) is 12.5 Å². The summed E-state index contributed by atoms with van der Waals surface area (Å²) >= 11 is 0. The molecule has 1 aliphatic heterocycles. The third-order valence-corrected chi connectivity index (χ3v) is 3.03. The quantitative estimate of drug-likeness (QED) is 0.768. The number of hydrogen-bond acceptors (Lipinski definition) is 1. The molecule has 0 aromatic heterocycles. The van der Waals surface area contributed by atoms with Gasteiger partial charge in [0.15, 0.2) is 0 Å². The molecule has 2 heteroatoms. The largest absolute Gasteiger partial charge is 0.355 e. The second-order valence-corrected chi connectivity index (χ2v) is 4.12. The van der Waals surface area contributed by atoms with Crippen molar-refractivity contribution in [3.63, 3.8) is 0 Å². The summed E-state index contributed by atoms with van der Waals surface area (Å²) in [6.07, 6.45) is 0.540. The monoisotopic (exact) mass is 210 g/mol. The Morgan fingerprint density at radius 1 is 1.00 bits per heavy atom. The Morgan fingerprint density at radius 3 is 2.56 bits per heavy atom. The molecule has 0 bridgehead atoms. The summed E-state index contributed by atoms with van der Waals surface area (Å²) in [4.78, 5) is 11.2. The van der Waals surface area contributed by atoms with Gasteiger partial charge in [0, 0.05) is 18.9 Å². The molecule has 1 N–H and O–H groups in total. The zero-order valence-electron chi connectivity index (χ0n) is 8.86. The first-order valence-electron chi connectivity index (χ1n) is 5.43. The highest BCUT2D eigenvalue weighted by atomic mass is 16.1. The Kier molecular flexibility index (Phi) is 2.13. The fraction of sp³-hybridized carbons (Fsp3) is 0.143. The number of hydrogen-bond donors (Lipinski definition) is 1. The topological polar surface area (TPSA) is 29.1 Å². The Balaban J connectivity index is 2.02. The molecule has 16 heavy (non-hydrogen) atoms. The van der Waals surface area contributed by atoms with Gasteiger partial charge in [-0.05, 0) is 16.3 Å². The van der Waals surface area contributed by atoms with Crippen molar-refractivity contribution in [3.05, 3.63) is 53.9 Å². The maximum atomic E-state index is 11.2. The third-order valence-electron chi connectivity index (χ3n) is 3.03. The molecule has 0 unspecified atom stereocenters. The van der Waals surface area contributed by atoms with E-state index in [9.17, 15) is 4.79 Å². The van der Waals surface area contributed by atoms with Crippen molar-refractivity contribution in [2.24, 2.45) is 0 Å². The lowest BCUT2D eigenvalue weighted by molar-refractivity contribution is -0.118. The van der Waals surface area contributed by atoms with Crippen molar-refractivity contribution >= 4 is 16.7 Å². The zero-order chi connectivity index (χ0) is 11.0. The van der Waals surface area contributed by atoms with Gasteiger partial charge in [0.25, 0.3) is 0 Å². The van der Waals surface area contributed by atoms with E-state index in [-0.39, 0.29) is 5.91 Å². The van der Waals surface area contributed by atoms with E-state index in [0.717, 1.165) is 0 Å². The molecular formula is C14H12NO. The van der Waals surface area contributed by atoms with Gasteiger partial charge < -0.3 is 5.32 Å². The van der Waals surface area contributed by atoms with Crippen molar-refractivity contribution in [1.29, 1.82) is 0 Å². The number of carbonyl (C=O) groups is 1. The predicted octanol–water partition coefficient (Wildman–Crippen LogP) is 2.28. The summed E-state index contributed by atoms with van der Waals surface area (Å²) in [7, 11) is 0. The molecule has 3 rings (SSSR count). The van der Waals surface area contributed by atoms with Crippen LogP contribution in [0.1, 0.15) is 12.0 Å². The van der Waals surface area contributed by atoms with Crippen LogP contribution >= 0.6 is 0 Å². The van der Waals surface area contributed by atoms with E-state index < -0.39 is 0 Å². The van der Waals surface area contributed by atoms with Crippen molar-refractivity contribution in [2.75, 3.05) is 6.54 Å². The first-order chi connectivity index (χ1) is 7.83. The number of fused-ring (bicyclic) bond motifs is 1. The standard InChI is InChI=1S/C14H12NO/c16-14-8-13(9-15-14)12-6-5-10-3-1-2-4-11(10)7-12/h1-7H,8-9H2,(H,15,16). The highest BCUT2D eigenvalue weighted by Gasteiger charge is 2.23. The van der Waals surface area contributed by atoms with Gasteiger partial charge in [0.05, 0.1) is 0 Å². The average molecular weight is 210 g/mol. The molecule has 0 aliphatic carbocycles. The Morgan fingerprint density at radius 2 is 1.81 bits per heavy atom. The molecule has 0 atom stereocenters. The van der Waals surface area contributed by atoms with Crippen LogP contribution in [0.15, 0.2) is 42.5 Å². The van der Waals surface area contributed by atoms with Crippen molar-refractivity contribution in [1.82, 2.24) is 5.32 Å². The van der Waals surface area contributed by atoms with Crippen LogP contribution in [-0.2, 0) is 4.79 Å². The van der Waals surface area contributed by atoms with Crippen LogP contribution in [0.2, 0.25) is 0 Å². The van der Waals surface area contributed by atoms with Gasteiger partial charge in [-0.1, -0.05) is 42.5 Å². The maximum absolute atomic E-state index is 11.2. The van der Waals surface area contributed by atoms with Gasteiger partial charge in [0.2, 0.25) is 5.91 Å². The van der Waals surface area contributed by atoms with Gasteiger partial charge in [-0.3, -0.25) is 4.79 Å². The van der Waals surface area contributed by atoms with E-state index >= 15 is 0 Å². The molecule has 1 fully saturated rings. The molecular weight excluding hydrogens is 198 g/mol. The molecule has 2 nitrogen and oxygen atoms in total. The van der Waals surface area contributed by atoms with Crippen LogP contribution < -0.4 is 5.32 Å². The minimum atomic E-state index is 0.128. The fourth-order valence-corrected chi connectivity index (χ4v) is 2.14. The van der Waals surface area contributed by atoms with E-state index in [2.05, 4.69) is 35.6 Å². The number of amides is 1. The predicted molar refractivity (Wildman–Crippen MR) is 63.9 cm³/mol. The van der Waals surface area contributed by atoms with Crippen LogP contribution in [0.4, 0.5) is 0 Å². The molecule has 1 amide bonds. The first-order valence-corrected chi connectivity index (χ1v) is 5.43. The summed E-state index contributed by atoms with van der Waals surface area (Å²) in [6.45, 7) is 0.692. The average Bonchev–Trinajstić information content (AvgIpc) is 2.75. The van der Waals surface area contributed by atoms with E-state index in [1.807, 2.05) is 12.1 Å². The van der Waals surface area contributed by atoms with Crippen molar-refractivity contribution in [3.8, 4) is 0 Å². The molecule has 79 valence electrons.